The highest BCUT2D eigenvalue weighted by molar-refractivity contribution is 14.8. The van der Waals surface area contributed by atoms with Gasteiger partial charge in [-0.3, -0.25) is 20.2 Å². The van der Waals surface area contributed by atoms with Crippen LogP contribution >= 0.6 is 33.2 Å². The summed E-state index contributed by atoms with van der Waals surface area (Å²) >= 11 is -1.55. The van der Waals surface area contributed by atoms with E-state index in [1.807, 2.05) is 0 Å². The van der Waals surface area contributed by atoms with Gasteiger partial charge in [0.2, 0.25) is 0 Å². The maximum Gasteiger partial charge on any atom is 0.408 e. The van der Waals surface area contributed by atoms with Crippen molar-refractivity contribution in [2.24, 2.45) is 0 Å². The Morgan fingerprint density at radius 3 is 2.38 bits per heavy atom. The van der Waals surface area contributed by atoms with Crippen molar-refractivity contribution in [1.82, 2.24) is 5.32 Å². The summed E-state index contributed by atoms with van der Waals surface area (Å²) in [6.45, 7) is 5.24. The van der Waals surface area contributed by atoms with Gasteiger partial charge >= 0.3 is 18.0 Å². The van der Waals surface area contributed by atoms with Crippen molar-refractivity contribution < 1.29 is 33.5 Å². The number of ether oxygens (including phenoxy) is 3. The minimum atomic E-state index is -0.851. The van der Waals surface area contributed by atoms with Crippen LogP contribution in [-0.4, -0.2) is 43.1 Å². The van der Waals surface area contributed by atoms with Crippen molar-refractivity contribution in [2.75, 3.05) is 4.43 Å². The number of benzene rings is 1. The molecule has 0 radical (unpaired) electrons. The van der Waals surface area contributed by atoms with Gasteiger partial charge in [-0.25, -0.2) is 9.59 Å². The summed E-state index contributed by atoms with van der Waals surface area (Å²) in [5, 5.41) is 13.3. The van der Waals surface area contributed by atoms with Gasteiger partial charge in [-0.1, -0.05) is 23.0 Å². The molecule has 0 aromatic heterocycles. The minimum Gasteiger partial charge on any atom is -0.460 e. The lowest BCUT2D eigenvalue weighted by Crippen LogP contribution is -2.42. The van der Waals surface area contributed by atoms with Crippen LogP contribution in [0, 0.1) is 10.1 Å². The van der Waals surface area contributed by atoms with Gasteiger partial charge < -0.3 is 14.2 Å². The third-order valence-corrected chi connectivity index (χ3v) is 14.4. The summed E-state index contributed by atoms with van der Waals surface area (Å²) in [4.78, 5) is 47.4. The molecule has 12 heteroatoms. The Kier molecular flexibility index (Phi) is 11.7. The molecule has 1 aromatic rings. The zero-order valence-electron chi connectivity index (χ0n) is 19.4. The number of carbonyl (C=O) groups excluding carboxylic acids is 3. The van der Waals surface area contributed by atoms with Gasteiger partial charge in [-0.15, -0.1) is 0 Å². The molecule has 0 spiro atoms. The van der Waals surface area contributed by atoms with E-state index in [1.165, 1.54) is 24.3 Å². The Bertz CT molecular complexity index is 893. The van der Waals surface area contributed by atoms with E-state index in [0.717, 1.165) is 32.1 Å². The normalized spacial score (nSPS) is 15.9. The maximum atomic E-state index is 12.8. The van der Waals surface area contributed by atoms with Crippen molar-refractivity contribution in [2.45, 2.75) is 75.2 Å². The first-order chi connectivity index (χ1) is 16.0. The van der Waals surface area contributed by atoms with E-state index >= 15 is 0 Å². The van der Waals surface area contributed by atoms with Crippen molar-refractivity contribution >= 4 is 56.9 Å². The molecule has 2 rings (SSSR count). The van der Waals surface area contributed by atoms with Gasteiger partial charge in [0.1, 0.15) is 18.3 Å². The molecule has 1 saturated carbocycles. The first kappa shape index (κ1) is 28.5. The SMILES string of the molecule is CC(C)(C)OC(=O)N[C@H](I=ICC(=O)OCc1ccc([N+](=O)[O-])cc1)C(=O)OC1CCCCC1. The fourth-order valence-corrected chi connectivity index (χ4v) is 11.7. The molecule has 1 N–H and O–H groups in total. The fourth-order valence-electron chi connectivity index (χ4n) is 2.98. The number of nitro benzene ring substituents is 1. The molecule has 1 aromatic carbocycles. The predicted molar refractivity (Wildman–Crippen MR) is 142 cm³/mol. The number of carbonyl (C=O) groups is 3. The van der Waals surface area contributed by atoms with Crippen LogP contribution in [0.4, 0.5) is 10.5 Å². The fraction of sp³-hybridized carbons (Fsp3) is 0.591. The summed E-state index contributed by atoms with van der Waals surface area (Å²) in [5.41, 5.74) is -0.0848. The molecule has 1 atom stereocenters. The van der Waals surface area contributed by atoms with Gasteiger partial charge in [0.05, 0.1) is 9.35 Å². The molecule has 0 saturated heterocycles. The molecule has 1 aliphatic rings. The summed E-state index contributed by atoms with van der Waals surface area (Å²) in [6, 6.07) is 5.78. The van der Waals surface area contributed by atoms with Gasteiger partial charge in [0.15, 0.2) is 4.05 Å². The zero-order valence-corrected chi connectivity index (χ0v) is 23.7. The van der Waals surface area contributed by atoms with E-state index < -0.39 is 65.8 Å². The van der Waals surface area contributed by atoms with E-state index in [2.05, 4.69) is 5.32 Å². The monoisotopic (exact) mass is 704 g/mol. The molecule has 0 heterocycles. The first-order valence-corrected chi connectivity index (χ1v) is 19.9. The van der Waals surface area contributed by atoms with Crippen LogP contribution in [0.3, 0.4) is 0 Å². The first-order valence-electron chi connectivity index (χ1n) is 10.8. The average molecular weight is 704 g/mol. The molecule has 190 valence electrons. The van der Waals surface area contributed by atoms with Gasteiger partial charge in [0.25, 0.3) is 5.69 Å². The largest absolute Gasteiger partial charge is 0.460 e. The van der Waals surface area contributed by atoms with E-state index in [9.17, 15) is 24.5 Å². The summed E-state index contributed by atoms with van der Waals surface area (Å²) in [6.07, 6.45) is 4.02. The molecule has 1 fully saturated rings. The molecule has 0 aliphatic heterocycles. The van der Waals surface area contributed by atoms with E-state index in [1.54, 1.807) is 20.8 Å². The molecular formula is C22H30I2N2O8. The number of nitro groups is 1. The second-order valence-corrected chi connectivity index (χ2v) is 18.7. The average Bonchev–Trinajstić information content (AvgIpc) is 2.76. The standard InChI is InChI=1S/C22H30I2N2O8/c1-22(2,3)34-21(29)25-19(20(28)33-17-7-5-4-6-8-17)24-23-13-18(27)32-14-15-9-11-16(12-10-15)26(30)31/h9-12,17,19H,4-8,13-14H2,1-3H3,(H,25,29)/t19-/m0/s1. The predicted octanol–water partition coefficient (Wildman–Crippen LogP) is 5.22. The highest BCUT2D eigenvalue weighted by Crippen LogP contribution is 2.26. The number of hydrogen-bond donors (Lipinski definition) is 1. The second kappa shape index (κ2) is 14.0. The smallest absolute Gasteiger partial charge is 0.408 e. The molecule has 10 nitrogen and oxygen atoms in total. The van der Waals surface area contributed by atoms with E-state index in [-0.39, 0.29) is 22.8 Å². The van der Waals surface area contributed by atoms with Crippen LogP contribution in [0.15, 0.2) is 24.3 Å². The number of halogens is 2. The van der Waals surface area contributed by atoms with Crippen molar-refractivity contribution in [3.63, 3.8) is 0 Å². The topological polar surface area (TPSA) is 134 Å². The number of non-ortho nitro benzene ring substituents is 1. The molecule has 34 heavy (non-hydrogen) atoms. The lowest BCUT2D eigenvalue weighted by atomic mass is 9.98. The maximum absolute atomic E-state index is 12.8. The number of alkyl carbamates (subject to hydrolysis) is 1. The van der Waals surface area contributed by atoms with Gasteiger partial charge in [0, 0.05) is 12.1 Å². The Labute approximate surface area is 214 Å². The third kappa shape index (κ3) is 11.1. The van der Waals surface area contributed by atoms with E-state index in [0.29, 0.717) is 5.56 Å². The number of nitrogens with one attached hydrogen (secondary N) is 1. The van der Waals surface area contributed by atoms with Crippen LogP contribution < -0.4 is 5.32 Å². The summed E-state index contributed by atoms with van der Waals surface area (Å²) in [7, 11) is 0. The number of alkyl halides is 2. The number of amides is 1. The Balaban J connectivity index is 1.91. The summed E-state index contributed by atoms with van der Waals surface area (Å²) in [5.74, 6) is -0.855. The molecule has 1 aliphatic carbocycles. The van der Waals surface area contributed by atoms with Crippen molar-refractivity contribution in [1.29, 1.82) is 0 Å². The Morgan fingerprint density at radius 1 is 1.15 bits per heavy atom. The number of rotatable bonds is 9. The van der Waals surface area contributed by atoms with Crippen molar-refractivity contribution in [3.05, 3.63) is 39.9 Å². The highest BCUT2D eigenvalue weighted by atomic mass is 128. The summed E-state index contributed by atoms with van der Waals surface area (Å²) < 4.78 is 15.6. The lowest BCUT2D eigenvalue weighted by Gasteiger charge is -2.25. The van der Waals surface area contributed by atoms with Crippen LogP contribution in [0.2, 0.25) is 0 Å². The Hall–Kier alpha value is -1.71. The molecule has 0 unspecified atom stereocenters. The number of esters is 2. The zero-order chi connectivity index (χ0) is 25.1. The quantitative estimate of drug-likeness (QED) is 0.0704. The van der Waals surface area contributed by atoms with Gasteiger partial charge in [-0.2, -0.15) is 0 Å². The van der Waals surface area contributed by atoms with Crippen LogP contribution in [0.25, 0.3) is 0 Å². The minimum absolute atomic E-state index is 0.0161. The molecular weight excluding hydrogens is 674 g/mol. The van der Waals surface area contributed by atoms with Crippen LogP contribution in [-0.2, 0) is 30.4 Å². The molecule has 0 bridgehead atoms. The lowest BCUT2D eigenvalue weighted by molar-refractivity contribution is -0.384. The number of hydrogen-bond acceptors (Lipinski definition) is 8. The van der Waals surface area contributed by atoms with Crippen molar-refractivity contribution in [3.8, 4) is 0 Å². The second-order valence-electron chi connectivity index (χ2n) is 8.61. The molecule has 1 amide bonds. The van der Waals surface area contributed by atoms with E-state index in [4.69, 9.17) is 14.2 Å². The number of nitrogens with zero attached hydrogens (tertiary/aromatic N) is 1. The van der Waals surface area contributed by atoms with Gasteiger partial charge in [-0.05, 0) is 80.7 Å². The highest BCUT2D eigenvalue weighted by Gasteiger charge is 2.27. The van der Waals surface area contributed by atoms with Crippen LogP contribution in [0.5, 0.6) is 0 Å². The Morgan fingerprint density at radius 2 is 1.79 bits per heavy atom. The third-order valence-electron chi connectivity index (χ3n) is 4.53. The van der Waals surface area contributed by atoms with Crippen LogP contribution in [0.1, 0.15) is 58.4 Å².